The first-order valence-electron chi connectivity index (χ1n) is 4.74. The Hall–Kier alpha value is -0.0800. The van der Waals surface area contributed by atoms with Gasteiger partial charge in [0.2, 0.25) is 0 Å². The molecule has 0 fully saturated rings. The van der Waals surface area contributed by atoms with Crippen LogP contribution in [0.1, 0.15) is 52.4 Å². The normalized spacial score (nSPS) is 13.4. The molecule has 1 unspecified atom stereocenters. The van der Waals surface area contributed by atoms with Crippen LogP contribution in [0.15, 0.2) is 0 Å². The Labute approximate surface area is 70.0 Å². The zero-order valence-electron chi connectivity index (χ0n) is 7.77. The standard InChI is InChI=1S/C9H21NO/c1-3-5-6-8-9(10-11)7-4-2/h9-11H,3-8H2,1-2H3. The van der Waals surface area contributed by atoms with Crippen LogP contribution < -0.4 is 5.48 Å². The molecule has 2 nitrogen and oxygen atoms in total. The van der Waals surface area contributed by atoms with E-state index >= 15 is 0 Å². The third-order valence-corrected chi connectivity index (χ3v) is 1.98. The van der Waals surface area contributed by atoms with Crippen molar-refractivity contribution in [3.05, 3.63) is 0 Å². The summed E-state index contributed by atoms with van der Waals surface area (Å²) in [5.74, 6) is 0. The van der Waals surface area contributed by atoms with Gasteiger partial charge < -0.3 is 5.21 Å². The van der Waals surface area contributed by atoms with Crippen molar-refractivity contribution in [1.82, 2.24) is 5.48 Å². The molecule has 0 aliphatic heterocycles. The second kappa shape index (κ2) is 8.02. The third-order valence-electron chi connectivity index (χ3n) is 1.98. The molecule has 68 valence electrons. The van der Waals surface area contributed by atoms with Gasteiger partial charge in [0.15, 0.2) is 0 Å². The second-order valence-electron chi connectivity index (χ2n) is 3.11. The molecule has 0 saturated carbocycles. The molecule has 0 aliphatic rings. The van der Waals surface area contributed by atoms with Crippen molar-refractivity contribution < 1.29 is 5.21 Å². The Bertz CT molecular complexity index is 76.0. The molecule has 2 N–H and O–H groups in total. The maximum absolute atomic E-state index is 8.71. The molecule has 0 rings (SSSR count). The van der Waals surface area contributed by atoms with Crippen LogP contribution in [0.5, 0.6) is 0 Å². The zero-order valence-corrected chi connectivity index (χ0v) is 7.77. The highest BCUT2D eigenvalue weighted by Gasteiger charge is 2.03. The van der Waals surface area contributed by atoms with Gasteiger partial charge in [-0.3, -0.25) is 0 Å². The molecular formula is C9H21NO. The minimum absolute atomic E-state index is 0.326. The molecule has 0 amide bonds. The van der Waals surface area contributed by atoms with Crippen molar-refractivity contribution in [1.29, 1.82) is 0 Å². The lowest BCUT2D eigenvalue weighted by molar-refractivity contribution is 0.115. The monoisotopic (exact) mass is 159 g/mol. The minimum atomic E-state index is 0.326. The summed E-state index contributed by atoms with van der Waals surface area (Å²) < 4.78 is 0. The van der Waals surface area contributed by atoms with Gasteiger partial charge in [-0.2, -0.15) is 0 Å². The maximum atomic E-state index is 8.71. The number of unbranched alkanes of at least 4 members (excludes halogenated alkanes) is 2. The second-order valence-corrected chi connectivity index (χ2v) is 3.11. The Morgan fingerprint density at radius 1 is 1.09 bits per heavy atom. The van der Waals surface area contributed by atoms with E-state index in [2.05, 4.69) is 19.3 Å². The van der Waals surface area contributed by atoms with E-state index in [1.807, 2.05) is 0 Å². The van der Waals surface area contributed by atoms with Gasteiger partial charge in [-0.1, -0.05) is 39.5 Å². The van der Waals surface area contributed by atoms with Gasteiger partial charge >= 0.3 is 0 Å². The SMILES string of the molecule is CCCCCC(CCC)NO. The molecule has 0 spiro atoms. The summed E-state index contributed by atoms with van der Waals surface area (Å²) in [7, 11) is 0. The van der Waals surface area contributed by atoms with E-state index in [0.29, 0.717) is 6.04 Å². The third kappa shape index (κ3) is 6.32. The highest BCUT2D eigenvalue weighted by molar-refractivity contribution is 4.60. The Balaban J connectivity index is 3.20. The van der Waals surface area contributed by atoms with Crippen molar-refractivity contribution in [3.63, 3.8) is 0 Å². The van der Waals surface area contributed by atoms with Crippen LogP contribution in [-0.4, -0.2) is 11.2 Å². The van der Waals surface area contributed by atoms with Crippen molar-refractivity contribution >= 4 is 0 Å². The largest absolute Gasteiger partial charge is 0.317 e. The van der Waals surface area contributed by atoms with Gasteiger partial charge in [0.1, 0.15) is 0 Å². The predicted molar refractivity (Wildman–Crippen MR) is 47.8 cm³/mol. The Morgan fingerprint density at radius 3 is 2.27 bits per heavy atom. The maximum Gasteiger partial charge on any atom is 0.0319 e. The van der Waals surface area contributed by atoms with Crippen LogP contribution >= 0.6 is 0 Å². The van der Waals surface area contributed by atoms with Crippen LogP contribution in [0.2, 0.25) is 0 Å². The molecule has 0 aromatic heterocycles. The summed E-state index contributed by atoms with van der Waals surface area (Å²) in [5, 5.41) is 8.71. The lowest BCUT2D eigenvalue weighted by atomic mass is 10.1. The van der Waals surface area contributed by atoms with Crippen molar-refractivity contribution in [2.75, 3.05) is 0 Å². The van der Waals surface area contributed by atoms with Gasteiger partial charge in [0.05, 0.1) is 0 Å². The number of hydrogen-bond acceptors (Lipinski definition) is 2. The fourth-order valence-electron chi connectivity index (χ4n) is 1.26. The number of rotatable bonds is 7. The fraction of sp³-hybridized carbons (Fsp3) is 1.00. The van der Waals surface area contributed by atoms with E-state index in [-0.39, 0.29) is 0 Å². The van der Waals surface area contributed by atoms with Crippen molar-refractivity contribution in [2.45, 2.75) is 58.4 Å². The molecule has 0 saturated heterocycles. The first-order valence-corrected chi connectivity index (χ1v) is 4.74. The molecule has 11 heavy (non-hydrogen) atoms. The summed E-state index contributed by atoms with van der Waals surface area (Å²) in [6, 6.07) is 0.326. The zero-order chi connectivity index (χ0) is 8.53. The first kappa shape index (κ1) is 10.9. The summed E-state index contributed by atoms with van der Waals surface area (Å²) in [5.41, 5.74) is 2.36. The van der Waals surface area contributed by atoms with Crippen LogP contribution in [0, 0.1) is 0 Å². The topological polar surface area (TPSA) is 32.3 Å². The fourth-order valence-corrected chi connectivity index (χ4v) is 1.26. The Morgan fingerprint density at radius 2 is 1.82 bits per heavy atom. The highest BCUT2D eigenvalue weighted by Crippen LogP contribution is 2.07. The van der Waals surface area contributed by atoms with Crippen LogP contribution in [-0.2, 0) is 0 Å². The number of nitrogens with one attached hydrogen (secondary N) is 1. The van der Waals surface area contributed by atoms with E-state index < -0.39 is 0 Å². The molecule has 0 aliphatic carbocycles. The minimum Gasteiger partial charge on any atom is -0.317 e. The van der Waals surface area contributed by atoms with E-state index in [4.69, 9.17) is 5.21 Å². The van der Waals surface area contributed by atoms with Gasteiger partial charge in [0.25, 0.3) is 0 Å². The molecule has 0 aromatic rings. The summed E-state index contributed by atoms with van der Waals surface area (Å²) in [6.45, 7) is 4.34. The van der Waals surface area contributed by atoms with E-state index in [1.54, 1.807) is 0 Å². The quantitative estimate of drug-likeness (QED) is 0.442. The molecule has 0 aromatic carbocycles. The number of hydrogen-bond donors (Lipinski definition) is 2. The molecule has 0 heterocycles. The average Bonchev–Trinajstić information content (AvgIpc) is 2.03. The van der Waals surface area contributed by atoms with Gasteiger partial charge in [-0.05, 0) is 12.8 Å². The van der Waals surface area contributed by atoms with Crippen LogP contribution in [0.3, 0.4) is 0 Å². The molecule has 1 atom stereocenters. The molecule has 0 radical (unpaired) electrons. The summed E-state index contributed by atoms with van der Waals surface area (Å²) >= 11 is 0. The molecule has 0 bridgehead atoms. The lowest BCUT2D eigenvalue weighted by Crippen LogP contribution is -2.25. The average molecular weight is 159 g/mol. The first-order chi connectivity index (χ1) is 5.35. The summed E-state index contributed by atoms with van der Waals surface area (Å²) in [4.78, 5) is 0. The molecule has 2 heteroatoms. The van der Waals surface area contributed by atoms with Crippen LogP contribution in [0.25, 0.3) is 0 Å². The van der Waals surface area contributed by atoms with Crippen molar-refractivity contribution in [3.8, 4) is 0 Å². The molecular weight excluding hydrogens is 138 g/mol. The van der Waals surface area contributed by atoms with E-state index in [1.165, 1.54) is 19.3 Å². The van der Waals surface area contributed by atoms with Crippen molar-refractivity contribution in [2.24, 2.45) is 0 Å². The van der Waals surface area contributed by atoms with E-state index in [9.17, 15) is 0 Å². The van der Waals surface area contributed by atoms with Crippen LogP contribution in [0.4, 0.5) is 0 Å². The number of hydroxylamine groups is 1. The predicted octanol–water partition coefficient (Wildman–Crippen LogP) is 2.71. The summed E-state index contributed by atoms with van der Waals surface area (Å²) in [6.07, 6.45) is 7.10. The Kier molecular flexibility index (Phi) is 7.96. The lowest BCUT2D eigenvalue weighted by Gasteiger charge is -2.12. The van der Waals surface area contributed by atoms with Gasteiger partial charge in [0, 0.05) is 6.04 Å². The van der Waals surface area contributed by atoms with Gasteiger partial charge in [-0.15, -0.1) is 0 Å². The smallest absolute Gasteiger partial charge is 0.0319 e. The van der Waals surface area contributed by atoms with E-state index in [0.717, 1.165) is 19.3 Å². The highest BCUT2D eigenvalue weighted by atomic mass is 16.5. The van der Waals surface area contributed by atoms with Gasteiger partial charge in [-0.25, -0.2) is 5.48 Å².